The Labute approximate surface area is 140 Å². The van der Waals surface area contributed by atoms with Gasteiger partial charge in [-0.05, 0) is 12.8 Å². The lowest BCUT2D eigenvalue weighted by Gasteiger charge is -2.04. The van der Waals surface area contributed by atoms with E-state index in [1.165, 1.54) is 31.8 Å². The predicted octanol–water partition coefficient (Wildman–Crippen LogP) is 6.24. The Morgan fingerprint density at radius 1 is 0.783 bits per heavy atom. The predicted molar refractivity (Wildman–Crippen MR) is 90.4 cm³/mol. The van der Waals surface area contributed by atoms with Gasteiger partial charge in [-0.15, -0.1) is 0 Å². The molecule has 6 heteroatoms. The molecule has 0 spiro atoms. The SMILES string of the molecule is C=CC(=O)OCCCCCCCCCCCCCC[Si](F)(F)F. The average molecular weight is 353 g/mol. The molecule has 0 atom stereocenters. The van der Waals surface area contributed by atoms with Gasteiger partial charge in [0.25, 0.3) is 0 Å². The van der Waals surface area contributed by atoms with Crippen molar-refractivity contribution in [2.24, 2.45) is 0 Å². The Hall–Kier alpha value is -0.783. The van der Waals surface area contributed by atoms with Crippen LogP contribution in [0.3, 0.4) is 0 Å². The number of ether oxygens (including phenoxy) is 1. The van der Waals surface area contributed by atoms with Crippen molar-refractivity contribution < 1.29 is 21.9 Å². The van der Waals surface area contributed by atoms with E-state index in [0.717, 1.165) is 44.9 Å². The zero-order valence-electron chi connectivity index (χ0n) is 14.1. The standard InChI is InChI=1S/C17H31F3O2Si/c1-2-17(21)22-15-13-11-9-7-5-3-4-6-8-10-12-14-16-23(18,19)20/h2H,1,3-16H2. The first-order valence-corrected chi connectivity index (χ1v) is 10.7. The Morgan fingerprint density at radius 3 is 1.57 bits per heavy atom. The van der Waals surface area contributed by atoms with Gasteiger partial charge < -0.3 is 4.74 Å². The van der Waals surface area contributed by atoms with E-state index in [1.807, 2.05) is 0 Å². The maximum absolute atomic E-state index is 12.1. The molecule has 136 valence electrons. The van der Waals surface area contributed by atoms with Crippen LogP contribution >= 0.6 is 0 Å². The summed E-state index contributed by atoms with van der Waals surface area (Å²) in [7, 11) is -5.30. The molecule has 0 aromatic heterocycles. The van der Waals surface area contributed by atoms with Crippen molar-refractivity contribution in [1.29, 1.82) is 0 Å². The van der Waals surface area contributed by atoms with E-state index < -0.39 is 15.1 Å². The van der Waals surface area contributed by atoms with Crippen molar-refractivity contribution in [3.63, 3.8) is 0 Å². The summed E-state index contributed by atoms with van der Waals surface area (Å²) in [6, 6.07) is -0.500. The maximum Gasteiger partial charge on any atom is 0.616 e. The fourth-order valence-electron chi connectivity index (χ4n) is 2.43. The molecule has 0 N–H and O–H groups in total. The molecule has 0 aromatic rings. The molecule has 0 aliphatic rings. The molecule has 0 heterocycles. The number of halogens is 3. The van der Waals surface area contributed by atoms with Crippen molar-refractivity contribution in [2.45, 2.75) is 83.1 Å². The van der Waals surface area contributed by atoms with Crippen LogP contribution in [0.4, 0.5) is 12.3 Å². The van der Waals surface area contributed by atoms with Gasteiger partial charge in [0.15, 0.2) is 0 Å². The normalized spacial score (nSPS) is 11.4. The number of hydrogen-bond acceptors (Lipinski definition) is 2. The summed E-state index contributed by atoms with van der Waals surface area (Å²) in [6.07, 6.45) is 13.3. The highest BCUT2D eigenvalue weighted by Crippen LogP contribution is 2.19. The Balaban J connectivity index is 3.08. The summed E-state index contributed by atoms with van der Waals surface area (Å²) in [5.74, 6) is -0.356. The number of carbonyl (C=O) groups excluding carboxylic acids is 1. The smallest absolute Gasteiger partial charge is 0.463 e. The highest BCUT2D eigenvalue weighted by molar-refractivity contribution is 6.58. The van der Waals surface area contributed by atoms with Crippen molar-refractivity contribution in [3.05, 3.63) is 12.7 Å². The minimum Gasteiger partial charge on any atom is -0.463 e. The number of carbonyl (C=O) groups is 1. The first kappa shape index (κ1) is 22.2. The third kappa shape index (κ3) is 19.2. The van der Waals surface area contributed by atoms with Gasteiger partial charge in [-0.2, -0.15) is 0 Å². The van der Waals surface area contributed by atoms with Crippen LogP contribution in [0, 0.1) is 0 Å². The number of unbranched alkanes of at least 4 members (excludes halogenated alkanes) is 11. The van der Waals surface area contributed by atoms with Crippen LogP contribution in [-0.4, -0.2) is 21.7 Å². The average Bonchev–Trinajstić information content (AvgIpc) is 2.49. The summed E-state index contributed by atoms with van der Waals surface area (Å²) in [5, 5.41) is 0. The largest absolute Gasteiger partial charge is 0.616 e. The Kier molecular flexibility index (Phi) is 14.3. The molecule has 0 aliphatic carbocycles. The Bertz CT molecular complexity index is 307. The summed E-state index contributed by atoms with van der Waals surface area (Å²) in [6.45, 7) is 3.81. The van der Waals surface area contributed by atoms with Crippen LogP contribution in [0.25, 0.3) is 0 Å². The van der Waals surface area contributed by atoms with Crippen molar-refractivity contribution in [1.82, 2.24) is 0 Å². The van der Waals surface area contributed by atoms with Gasteiger partial charge in [0.1, 0.15) is 0 Å². The van der Waals surface area contributed by atoms with E-state index in [4.69, 9.17) is 4.74 Å². The maximum atomic E-state index is 12.1. The summed E-state index contributed by atoms with van der Waals surface area (Å²) >= 11 is 0. The van der Waals surface area contributed by atoms with Crippen LogP contribution in [0.2, 0.25) is 6.04 Å². The van der Waals surface area contributed by atoms with Crippen LogP contribution in [0.1, 0.15) is 77.0 Å². The molecule has 23 heavy (non-hydrogen) atoms. The summed E-state index contributed by atoms with van der Waals surface area (Å²) in [4.78, 5) is 10.8. The van der Waals surface area contributed by atoms with Crippen molar-refractivity contribution >= 4 is 15.0 Å². The Morgan fingerprint density at radius 2 is 1.17 bits per heavy atom. The number of hydrogen-bond donors (Lipinski definition) is 0. The van der Waals surface area contributed by atoms with Gasteiger partial charge in [0.2, 0.25) is 0 Å². The van der Waals surface area contributed by atoms with E-state index >= 15 is 0 Å². The minimum absolute atomic E-state index is 0.331. The van der Waals surface area contributed by atoms with Crippen LogP contribution in [0.5, 0.6) is 0 Å². The van der Waals surface area contributed by atoms with E-state index in [0.29, 0.717) is 13.0 Å². The van der Waals surface area contributed by atoms with Crippen LogP contribution in [-0.2, 0) is 9.53 Å². The summed E-state index contributed by atoms with van der Waals surface area (Å²) < 4.78 is 41.1. The van der Waals surface area contributed by atoms with Crippen LogP contribution < -0.4 is 0 Å². The molecule has 0 saturated heterocycles. The lowest BCUT2D eigenvalue weighted by Crippen LogP contribution is -2.13. The number of rotatable bonds is 16. The molecular formula is C17H31F3O2Si. The molecule has 2 nitrogen and oxygen atoms in total. The van der Waals surface area contributed by atoms with Gasteiger partial charge in [-0.1, -0.05) is 70.8 Å². The molecule has 0 fully saturated rings. The molecule has 0 rings (SSSR count). The lowest BCUT2D eigenvalue weighted by atomic mass is 10.1. The van der Waals surface area contributed by atoms with Gasteiger partial charge in [-0.25, -0.2) is 17.1 Å². The van der Waals surface area contributed by atoms with E-state index in [-0.39, 0.29) is 5.97 Å². The van der Waals surface area contributed by atoms with E-state index in [9.17, 15) is 17.1 Å². The third-order valence-corrected chi connectivity index (χ3v) is 4.69. The molecule has 0 amide bonds. The monoisotopic (exact) mass is 352 g/mol. The molecule has 0 bridgehead atoms. The third-order valence-electron chi connectivity index (χ3n) is 3.77. The van der Waals surface area contributed by atoms with Gasteiger partial charge in [0.05, 0.1) is 6.61 Å². The quantitative estimate of drug-likeness (QED) is 0.108. The molecule has 0 aromatic carbocycles. The van der Waals surface area contributed by atoms with Crippen molar-refractivity contribution in [2.75, 3.05) is 6.61 Å². The minimum atomic E-state index is -5.30. The van der Waals surface area contributed by atoms with E-state index in [2.05, 4.69) is 6.58 Å². The molecule has 0 unspecified atom stereocenters. The van der Waals surface area contributed by atoms with E-state index in [1.54, 1.807) is 0 Å². The second-order valence-corrected chi connectivity index (χ2v) is 7.71. The first-order valence-electron chi connectivity index (χ1n) is 8.81. The fraction of sp³-hybridized carbons (Fsp3) is 0.824. The second kappa shape index (κ2) is 14.8. The van der Waals surface area contributed by atoms with Gasteiger partial charge in [0, 0.05) is 12.1 Å². The highest BCUT2D eigenvalue weighted by Gasteiger charge is 2.35. The van der Waals surface area contributed by atoms with Crippen molar-refractivity contribution in [3.8, 4) is 0 Å². The number of esters is 1. The van der Waals surface area contributed by atoms with Gasteiger partial charge in [-0.3, -0.25) is 0 Å². The second-order valence-electron chi connectivity index (χ2n) is 5.98. The molecular weight excluding hydrogens is 321 g/mol. The molecule has 0 aliphatic heterocycles. The van der Waals surface area contributed by atoms with Gasteiger partial charge >= 0.3 is 15.0 Å². The summed E-state index contributed by atoms with van der Waals surface area (Å²) in [5.41, 5.74) is 0. The fourth-order valence-corrected chi connectivity index (χ4v) is 3.08. The van der Waals surface area contributed by atoms with Crippen LogP contribution in [0.15, 0.2) is 12.7 Å². The lowest BCUT2D eigenvalue weighted by molar-refractivity contribution is -0.137. The molecule has 0 saturated carbocycles. The zero-order chi connectivity index (χ0) is 17.4. The topological polar surface area (TPSA) is 26.3 Å². The zero-order valence-corrected chi connectivity index (χ0v) is 15.1. The highest BCUT2D eigenvalue weighted by atomic mass is 28.5. The first-order chi connectivity index (χ1) is 11.0. The molecule has 0 radical (unpaired) electrons.